The van der Waals surface area contributed by atoms with Gasteiger partial charge in [-0.1, -0.05) is 45.3 Å². The predicted octanol–water partition coefficient (Wildman–Crippen LogP) is 4.26. The summed E-state index contributed by atoms with van der Waals surface area (Å²) in [4.78, 5) is 11.6. The van der Waals surface area contributed by atoms with Crippen molar-refractivity contribution < 1.29 is 9.90 Å². The molecule has 2 atom stereocenters. The average Bonchev–Trinajstić information content (AvgIpc) is 2.83. The van der Waals surface area contributed by atoms with E-state index in [9.17, 15) is 9.90 Å². The molecule has 0 bridgehead atoms. The molecule has 1 fully saturated rings. The van der Waals surface area contributed by atoms with Gasteiger partial charge in [-0.15, -0.1) is 0 Å². The number of aliphatic carboxylic acids is 1. The van der Waals surface area contributed by atoms with Crippen molar-refractivity contribution in [1.82, 2.24) is 0 Å². The summed E-state index contributed by atoms with van der Waals surface area (Å²) >= 11 is 0. The summed E-state index contributed by atoms with van der Waals surface area (Å²) in [7, 11) is 0. The van der Waals surface area contributed by atoms with Crippen molar-refractivity contribution in [2.75, 3.05) is 0 Å². The molecule has 0 radical (unpaired) electrons. The third-order valence-corrected chi connectivity index (χ3v) is 5.08. The first-order valence-corrected chi connectivity index (χ1v) is 7.36. The molecule has 1 spiro atoms. The van der Waals surface area contributed by atoms with Crippen LogP contribution in [0.3, 0.4) is 0 Å². The molecule has 2 aliphatic rings. The largest absolute Gasteiger partial charge is 0.481 e. The fourth-order valence-corrected chi connectivity index (χ4v) is 4.55. The second kappa shape index (κ2) is 4.71. The van der Waals surface area contributed by atoms with Gasteiger partial charge in [-0.2, -0.15) is 0 Å². The van der Waals surface area contributed by atoms with Crippen LogP contribution in [0.4, 0.5) is 0 Å². The van der Waals surface area contributed by atoms with Gasteiger partial charge in [-0.3, -0.25) is 4.79 Å². The molecule has 2 aliphatic carbocycles. The molecule has 2 rings (SSSR count). The molecule has 0 unspecified atom stereocenters. The van der Waals surface area contributed by atoms with E-state index in [2.05, 4.69) is 27.7 Å². The molecule has 2 nitrogen and oxygen atoms in total. The van der Waals surface area contributed by atoms with Crippen LogP contribution in [0.15, 0.2) is 11.1 Å². The van der Waals surface area contributed by atoms with Gasteiger partial charge in [0.15, 0.2) is 0 Å². The van der Waals surface area contributed by atoms with E-state index in [4.69, 9.17) is 0 Å². The number of hydrogen-bond donors (Lipinski definition) is 1. The molecule has 0 aromatic rings. The second-order valence-electron chi connectivity index (χ2n) is 6.69. The summed E-state index contributed by atoms with van der Waals surface area (Å²) < 4.78 is 0. The van der Waals surface area contributed by atoms with E-state index in [1.165, 1.54) is 5.57 Å². The Morgan fingerprint density at radius 3 is 2.39 bits per heavy atom. The average molecular weight is 250 g/mol. The fourth-order valence-electron chi connectivity index (χ4n) is 4.55. The molecule has 2 heteroatoms. The predicted molar refractivity (Wildman–Crippen MR) is 73.3 cm³/mol. The molecular formula is C16H26O2. The summed E-state index contributed by atoms with van der Waals surface area (Å²) in [5, 5.41) is 9.54. The van der Waals surface area contributed by atoms with Crippen LogP contribution in [0.25, 0.3) is 0 Å². The fraction of sp³-hybridized carbons (Fsp3) is 0.812. The maximum atomic E-state index is 11.6. The number of hydrogen-bond acceptors (Lipinski definition) is 1. The van der Waals surface area contributed by atoms with Crippen molar-refractivity contribution in [3.8, 4) is 0 Å². The van der Waals surface area contributed by atoms with Gasteiger partial charge in [0.25, 0.3) is 0 Å². The lowest BCUT2D eigenvalue weighted by Gasteiger charge is -2.35. The summed E-state index contributed by atoms with van der Waals surface area (Å²) in [6.07, 6.45) is 5.24. The molecule has 102 valence electrons. The van der Waals surface area contributed by atoms with Crippen LogP contribution in [-0.2, 0) is 4.79 Å². The van der Waals surface area contributed by atoms with Gasteiger partial charge in [0.2, 0.25) is 0 Å². The van der Waals surface area contributed by atoms with Gasteiger partial charge in [0.1, 0.15) is 0 Å². The zero-order valence-electron chi connectivity index (χ0n) is 12.1. The van der Waals surface area contributed by atoms with Crippen molar-refractivity contribution in [2.45, 2.75) is 59.8 Å². The lowest BCUT2D eigenvalue weighted by atomic mass is 9.68. The molecule has 0 saturated heterocycles. The Bertz CT molecular complexity index is 379. The van der Waals surface area contributed by atoms with Crippen LogP contribution in [0, 0.1) is 23.2 Å². The van der Waals surface area contributed by atoms with Crippen molar-refractivity contribution in [2.24, 2.45) is 23.2 Å². The Balaban J connectivity index is 2.47. The Morgan fingerprint density at radius 1 is 1.22 bits per heavy atom. The van der Waals surface area contributed by atoms with E-state index < -0.39 is 5.97 Å². The summed E-state index contributed by atoms with van der Waals surface area (Å²) in [5.74, 6) is 0.350. The minimum absolute atomic E-state index is 0.000394. The number of carbonyl (C=O) groups is 1. The quantitative estimate of drug-likeness (QED) is 0.760. The second-order valence-corrected chi connectivity index (χ2v) is 6.69. The van der Waals surface area contributed by atoms with E-state index in [0.29, 0.717) is 11.8 Å². The Morgan fingerprint density at radius 2 is 1.89 bits per heavy atom. The SMILES string of the molecule is CC(C)C1=C(C(C)C)[C@@]2(CCC[C@H]2C(=O)O)CC1. The molecular weight excluding hydrogens is 224 g/mol. The third-order valence-electron chi connectivity index (χ3n) is 5.08. The van der Waals surface area contributed by atoms with Crippen molar-refractivity contribution in [1.29, 1.82) is 0 Å². The monoisotopic (exact) mass is 250 g/mol. The lowest BCUT2D eigenvalue weighted by Crippen LogP contribution is -2.33. The van der Waals surface area contributed by atoms with Gasteiger partial charge in [0, 0.05) is 5.41 Å². The van der Waals surface area contributed by atoms with Crippen molar-refractivity contribution in [3.63, 3.8) is 0 Å². The van der Waals surface area contributed by atoms with Crippen LogP contribution in [0.2, 0.25) is 0 Å². The molecule has 1 N–H and O–H groups in total. The van der Waals surface area contributed by atoms with E-state index in [0.717, 1.165) is 32.1 Å². The van der Waals surface area contributed by atoms with Crippen LogP contribution in [0.1, 0.15) is 59.8 Å². The number of carboxylic acids is 1. The van der Waals surface area contributed by atoms with Crippen LogP contribution >= 0.6 is 0 Å². The van der Waals surface area contributed by atoms with Gasteiger partial charge < -0.3 is 5.11 Å². The molecule has 1 saturated carbocycles. The zero-order valence-corrected chi connectivity index (χ0v) is 12.1. The van der Waals surface area contributed by atoms with Crippen LogP contribution in [0.5, 0.6) is 0 Å². The molecule has 0 heterocycles. The van der Waals surface area contributed by atoms with E-state index in [1.807, 2.05) is 0 Å². The zero-order chi connectivity index (χ0) is 13.5. The first-order chi connectivity index (χ1) is 8.40. The van der Waals surface area contributed by atoms with Gasteiger partial charge in [-0.25, -0.2) is 0 Å². The lowest BCUT2D eigenvalue weighted by molar-refractivity contribution is -0.144. The summed E-state index contributed by atoms with van der Waals surface area (Å²) in [6, 6.07) is 0. The normalized spacial score (nSPS) is 32.2. The van der Waals surface area contributed by atoms with Crippen molar-refractivity contribution >= 4 is 5.97 Å². The van der Waals surface area contributed by atoms with Crippen LogP contribution < -0.4 is 0 Å². The molecule has 0 aromatic carbocycles. The smallest absolute Gasteiger partial charge is 0.307 e. The topological polar surface area (TPSA) is 37.3 Å². The standard InChI is InChI=1S/C16H26O2/c1-10(2)12-7-9-16(14(12)11(3)4)8-5-6-13(16)15(17)18/h10-11,13H,5-9H2,1-4H3,(H,17,18)/t13-,16-/m0/s1. The molecule has 0 aromatic heterocycles. The number of carboxylic acid groups (broad SMARTS) is 1. The summed E-state index contributed by atoms with van der Waals surface area (Å²) in [6.45, 7) is 8.98. The first-order valence-electron chi connectivity index (χ1n) is 7.36. The van der Waals surface area contributed by atoms with Crippen molar-refractivity contribution in [3.05, 3.63) is 11.1 Å². The molecule has 18 heavy (non-hydrogen) atoms. The minimum Gasteiger partial charge on any atom is -0.481 e. The highest BCUT2D eigenvalue weighted by molar-refractivity contribution is 5.73. The van der Waals surface area contributed by atoms with E-state index in [-0.39, 0.29) is 11.3 Å². The van der Waals surface area contributed by atoms with Crippen LogP contribution in [-0.4, -0.2) is 11.1 Å². The third kappa shape index (κ3) is 1.90. The Hall–Kier alpha value is -0.790. The van der Waals surface area contributed by atoms with Gasteiger partial charge in [-0.05, 0) is 37.5 Å². The Kier molecular flexibility index (Phi) is 3.57. The number of rotatable bonds is 3. The maximum absolute atomic E-state index is 11.6. The van der Waals surface area contributed by atoms with Gasteiger partial charge in [0.05, 0.1) is 5.92 Å². The highest BCUT2D eigenvalue weighted by Crippen LogP contribution is 2.60. The highest BCUT2D eigenvalue weighted by atomic mass is 16.4. The van der Waals surface area contributed by atoms with E-state index in [1.54, 1.807) is 5.57 Å². The maximum Gasteiger partial charge on any atom is 0.307 e. The molecule has 0 aliphatic heterocycles. The summed E-state index contributed by atoms with van der Waals surface area (Å²) in [5.41, 5.74) is 3.06. The first kappa shape index (κ1) is 13.6. The highest BCUT2D eigenvalue weighted by Gasteiger charge is 2.52. The molecule has 0 amide bonds. The minimum atomic E-state index is -0.573. The Labute approximate surface area is 110 Å². The van der Waals surface area contributed by atoms with Gasteiger partial charge >= 0.3 is 5.97 Å². The van der Waals surface area contributed by atoms with E-state index >= 15 is 0 Å². The number of allylic oxidation sites excluding steroid dienone is 2.